The monoisotopic (exact) mass is 182 g/mol. The largest absolute Gasteiger partial charge is 0.372 e. The summed E-state index contributed by atoms with van der Waals surface area (Å²) in [5.41, 5.74) is 1.34. The van der Waals surface area contributed by atoms with Crippen LogP contribution in [0.25, 0.3) is 0 Å². The van der Waals surface area contributed by atoms with Crippen LogP contribution in [0.2, 0.25) is 0 Å². The molecule has 0 spiro atoms. The Morgan fingerprint density at radius 2 is 1.92 bits per heavy atom. The molecule has 0 aliphatic carbocycles. The second kappa shape index (κ2) is 4.90. The zero-order chi connectivity index (χ0) is 9.68. The zero-order valence-electron chi connectivity index (χ0n) is 8.49. The molecule has 0 radical (unpaired) electrons. The molecule has 0 aromatic carbocycles. The highest BCUT2D eigenvalue weighted by Crippen LogP contribution is 2.08. The van der Waals surface area contributed by atoms with Gasteiger partial charge in [-0.25, -0.2) is 0 Å². The summed E-state index contributed by atoms with van der Waals surface area (Å²) >= 11 is 0. The third kappa shape index (κ3) is 2.76. The van der Waals surface area contributed by atoms with Crippen LogP contribution in [0.1, 0.15) is 20.3 Å². The minimum Gasteiger partial charge on any atom is -0.372 e. The highest BCUT2D eigenvalue weighted by atomic mass is 16.1. The van der Waals surface area contributed by atoms with E-state index in [0.29, 0.717) is 0 Å². The summed E-state index contributed by atoms with van der Waals surface area (Å²) in [6.07, 6.45) is 4.26. The average Bonchev–Trinajstić information content (AvgIpc) is 2.18. The predicted molar refractivity (Wildman–Crippen MR) is 53.3 cm³/mol. The van der Waals surface area contributed by atoms with Crippen LogP contribution < -0.4 is 0 Å². The maximum absolute atomic E-state index is 10.5. The van der Waals surface area contributed by atoms with Crippen LogP contribution >= 0.6 is 0 Å². The van der Waals surface area contributed by atoms with Crippen LogP contribution in [-0.2, 0) is 4.79 Å². The second-order valence-electron chi connectivity index (χ2n) is 3.38. The molecule has 3 heteroatoms. The van der Waals surface area contributed by atoms with Crippen molar-refractivity contribution in [1.29, 1.82) is 0 Å². The first-order valence-corrected chi connectivity index (χ1v) is 4.89. The number of nitrogens with zero attached hydrogens (tertiary/aromatic N) is 2. The standard InChI is InChI=1S/C10H18N2O/c1-3-4-10(2)12-7-5-11(9-13)6-8-12/h4,9H,3,5-8H2,1-2H3/b10-4-. The number of allylic oxidation sites excluding steroid dienone is 2. The Hall–Kier alpha value is -0.990. The molecule has 74 valence electrons. The zero-order valence-corrected chi connectivity index (χ0v) is 8.49. The first kappa shape index (κ1) is 10.1. The molecule has 1 fully saturated rings. The van der Waals surface area contributed by atoms with Gasteiger partial charge in [-0.05, 0) is 13.3 Å². The van der Waals surface area contributed by atoms with Crippen molar-refractivity contribution < 1.29 is 4.79 Å². The van der Waals surface area contributed by atoms with E-state index in [0.717, 1.165) is 39.0 Å². The molecule has 0 aromatic heterocycles. The van der Waals surface area contributed by atoms with E-state index in [1.807, 2.05) is 4.90 Å². The first-order valence-electron chi connectivity index (χ1n) is 4.89. The molecule has 13 heavy (non-hydrogen) atoms. The molecule has 0 bridgehead atoms. The van der Waals surface area contributed by atoms with Crippen molar-refractivity contribution in [1.82, 2.24) is 9.80 Å². The Kier molecular flexibility index (Phi) is 3.80. The normalized spacial score (nSPS) is 19.1. The maximum Gasteiger partial charge on any atom is 0.209 e. The predicted octanol–water partition coefficient (Wildman–Crippen LogP) is 1.07. The van der Waals surface area contributed by atoms with Crippen LogP contribution in [0.3, 0.4) is 0 Å². The minimum absolute atomic E-state index is 0.860. The van der Waals surface area contributed by atoms with Crippen LogP contribution in [0, 0.1) is 0 Å². The van der Waals surface area contributed by atoms with Gasteiger partial charge in [-0.15, -0.1) is 0 Å². The molecule has 1 amide bonds. The lowest BCUT2D eigenvalue weighted by molar-refractivity contribution is -0.119. The molecule has 0 unspecified atom stereocenters. The van der Waals surface area contributed by atoms with E-state index >= 15 is 0 Å². The summed E-state index contributed by atoms with van der Waals surface area (Å²) in [6, 6.07) is 0. The van der Waals surface area contributed by atoms with Crippen LogP contribution in [0.4, 0.5) is 0 Å². The molecule has 0 aromatic rings. The number of hydrogen-bond acceptors (Lipinski definition) is 2. The second-order valence-corrected chi connectivity index (χ2v) is 3.38. The molecule has 1 rings (SSSR count). The molecule has 1 aliphatic heterocycles. The molecular weight excluding hydrogens is 164 g/mol. The van der Waals surface area contributed by atoms with E-state index in [2.05, 4.69) is 24.8 Å². The molecule has 0 saturated carbocycles. The Labute approximate surface area is 80.0 Å². The third-order valence-corrected chi connectivity index (χ3v) is 2.46. The van der Waals surface area contributed by atoms with Gasteiger partial charge in [-0.2, -0.15) is 0 Å². The van der Waals surface area contributed by atoms with Gasteiger partial charge in [-0.1, -0.05) is 13.0 Å². The fourth-order valence-electron chi connectivity index (χ4n) is 1.60. The molecule has 3 nitrogen and oxygen atoms in total. The lowest BCUT2D eigenvalue weighted by Crippen LogP contribution is -2.44. The van der Waals surface area contributed by atoms with Gasteiger partial charge in [0.25, 0.3) is 0 Å². The van der Waals surface area contributed by atoms with Gasteiger partial charge in [0.05, 0.1) is 0 Å². The van der Waals surface area contributed by atoms with Gasteiger partial charge in [0.2, 0.25) is 6.41 Å². The smallest absolute Gasteiger partial charge is 0.209 e. The molecule has 0 N–H and O–H groups in total. The number of carbonyl (C=O) groups is 1. The van der Waals surface area contributed by atoms with Crippen molar-refractivity contribution in [3.63, 3.8) is 0 Å². The highest BCUT2D eigenvalue weighted by molar-refractivity contribution is 5.47. The molecule has 0 atom stereocenters. The third-order valence-electron chi connectivity index (χ3n) is 2.46. The Balaban J connectivity index is 2.40. The topological polar surface area (TPSA) is 23.6 Å². The lowest BCUT2D eigenvalue weighted by atomic mass is 10.2. The van der Waals surface area contributed by atoms with Gasteiger partial charge >= 0.3 is 0 Å². The van der Waals surface area contributed by atoms with Crippen molar-refractivity contribution in [2.75, 3.05) is 26.2 Å². The Morgan fingerprint density at radius 3 is 2.38 bits per heavy atom. The van der Waals surface area contributed by atoms with Gasteiger partial charge in [0.15, 0.2) is 0 Å². The number of carbonyl (C=O) groups excluding carboxylic acids is 1. The first-order chi connectivity index (χ1) is 6.27. The van der Waals surface area contributed by atoms with E-state index < -0.39 is 0 Å². The molecule has 1 aliphatic rings. The van der Waals surface area contributed by atoms with E-state index in [9.17, 15) is 4.79 Å². The summed E-state index contributed by atoms with van der Waals surface area (Å²) in [5, 5.41) is 0. The van der Waals surface area contributed by atoms with E-state index in [1.54, 1.807) is 0 Å². The summed E-state index contributed by atoms with van der Waals surface area (Å²) in [7, 11) is 0. The van der Waals surface area contributed by atoms with Crippen molar-refractivity contribution in [3.8, 4) is 0 Å². The van der Waals surface area contributed by atoms with Crippen molar-refractivity contribution in [3.05, 3.63) is 11.8 Å². The maximum atomic E-state index is 10.5. The Bertz CT molecular complexity index is 193. The average molecular weight is 182 g/mol. The number of rotatable bonds is 3. The summed E-state index contributed by atoms with van der Waals surface area (Å²) in [6.45, 7) is 7.95. The quantitative estimate of drug-likeness (QED) is 0.610. The van der Waals surface area contributed by atoms with Crippen molar-refractivity contribution in [2.45, 2.75) is 20.3 Å². The SMILES string of the molecule is CC/C=C(/C)N1CCN(C=O)CC1. The van der Waals surface area contributed by atoms with Crippen molar-refractivity contribution in [2.24, 2.45) is 0 Å². The number of hydrogen-bond donors (Lipinski definition) is 0. The summed E-state index contributed by atoms with van der Waals surface area (Å²) < 4.78 is 0. The molecular formula is C10H18N2O. The molecule has 1 saturated heterocycles. The van der Waals surface area contributed by atoms with E-state index in [1.165, 1.54) is 5.70 Å². The van der Waals surface area contributed by atoms with Crippen molar-refractivity contribution >= 4 is 6.41 Å². The van der Waals surface area contributed by atoms with Gasteiger partial charge in [-0.3, -0.25) is 4.79 Å². The van der Waals surface area contributed by atoms with Gasteiger partial charge < -0.3 is 9.80 Å². The van der Waals surface area contributed by atoms with Gasteiger partial charge in [0.1, 0.15) is 0 Å². The summed E-state index contributed by atoms with van der Waals surface area (Å²) in [4.78, 5) is 14.6. The lowest BCUT2D eigenvalue weighted by Gasteiger charge is -2.34. The fraction of sp³-hybridized carbons (Fsp3) is 0.700. The van der Waals surface area contributed by atoms with Crippen LogP contribution in [0.5, 0.6) is 0 Å². The fourth-order valence-corrected chi connectivity index (χ4v) is 1.60. The number of amides is 1. The highest BCUT2D eigenvalue weighted by Gasteiger charge is 2.14. The van der Waals surface area contributed by atoms with E-state index in [4.69, 9.17) is 0 Å². The Morgan fingerprint density at radius 1 is 1.31 bits per heavy atom. The van der Waals surface area contributed by atoms with E-state index in [-0.39, 0.29) is 0 Å². The van der Waals surface area contributed by atoms with Crippen LogP contribution in [-0.4, -0.2) is 42.4 Å². The van der Waals surface area contributed by atoms with Gasteiger partial charge in [0, 0.05) is 31.9 Å². The molecule has 1 heterocycles. The number of piperazine rings is 1. The minimum atomic E-state index is 0.860. The van der Waals surface area contributed by atoms with Crippen LogP contribution in [0.15, 0.2) is 11.8 Å². The summed E-state index contributed by atoms with van der Waals surface area (Å²) in [5.74, 6) is 0.